The molecule has 0 bridgehead atoms. The number of hydrogen-bond acceptors (Lipinski definition) is 6. The highest BCUT2D eigenvalue weighted by molar-refractivity contribution is 5.95. The van der Waals surface area contributed by atoms with Crippen LogP contribution in [0.5, 0.6) is 11.5 Å². The van der Waals surface area contributed by atoms with Crippen LogP contribution in [0.3, 0.4) is 0 Å². The van der Waals surface area contributed by atoms with Crippen molar-refractivity contribution in [2.45, 2.75) is 20.3 Å². The predicted octanol–water partition coefficient (Wildman–Crippen LogP) is 1.69. The Morgan fingerprint density at radius 2 is 1.71 bits per heavy atom. The van der Waals surface area contributed by atoms with Crippen molar-refractivity contribution in [2.75, 3.05) is 20.3 Å². The Kier molecular flexibility index (Phi) is 6.52. The first-order valence-electron chi connectivity index (χ1n) is 6.72. The molecule has 0 amide bonds. The van der Waals surface area contributed by atoms with Crippen LogP contribution in [0.1, 0.15) is 19.4 Å². The van der Waals surface area contributed by atoms with E-state index in [2.05, 4.69) is 0 Å². The molecule has 0 radical (unpaired) electrons. The number of benzene rings is 1. The highest BCUT2D eigenvalue weighted by Gasteiger charge is 2.30. The molecule has 0 aliphatic heterocycles. The van der Waals surface area contributed by atoms with Gasteiger partial charge in [0.2, 0.25) is 0 Å². The zero-order valence-corrected chi connectivity index (χ0v) is 12.4. The number of phenols is 1. The van der Waals surface area contributed by atoms with Crippen LogP contribution in [0, 0.1) is 5.92 Å². The van der Waals surface area contributed by atoms with Crippen LogP contribution < -0.4 is 4.74 Å². The zero-order valence-electron chi connectivity index (χ0n) is 12.4. The van der Waals surface area contributed by atoms with Gasteiger partial charge >= 0.3 is 11.9 Å². The van der Waals surface area contributed by atoms with Crippen molar-refractivity contribution in [3.63, 3.8) is 0 Å². The van der Waals surface area contributed by atoms with Crippen molar-refractivity contribution in [1.82, 2.24) is 0 Å². The molecule has 116 valence electrons. The second kappa shape index (κ2) is 8.14. The maximum atomic E-state index is 11.9. The van der Waals surface area contributed by atoms with Crippen LogP contribution in [0.15, 0.2) is 18.2 Å². The Labute approximate surface area is 123 Å². The summed E-state index contributed by atoms with van der Waals surface area (Å²) in [6.07, 6.45) is 0.00743. The highest BCUT2D eigenvalue weighted by Crippen LogP contribution is 2.26. The molecule has 1 aromatic carbocycles. The third-order valence-corrected chi connectivity index (χ3v) is 2.86. The first-order chi connectivity index (χ1) is 10.0. The van der Waals surface area contributed by atoms with Gasteiger partial charge in [-0.1, -0.05) is 6.07 Å². The van der Waals surface area contributed by atoms with Crippen molar-refractivity contribution in [2.24, 2.45) is 5.92 Å². The molecule has 0 unspecified atom stereocenters. The standard InChI is InChI=1S/C15H20O6/c1-4-20-14(17)12(15(18)21-5-2)8-10-6-7-11(19-3)9-13(10)16/h6-7,9,12,16H,4-5,8H2,1-3H3. The van der Waals surface area contributed by atoms with Gasteiger partial charge in [-0.3, -0.25) is 9.59 Å². The summed E-state index contributed by atoms with van der Waals surface area (Å²) in [5.41, 5.74) is 0.446. The number of carbonyl (C=O) groups is 2. The average Bonchev–Trinajstić information content (AvgIpc) is 2.46. The maximum absolute atomic E-state index is 11.9. The smallest absolute Gasteiger partial charge is 0.320 e. The number of phenolic OH excluding ortho intramolecular Hbond substituents is 1. The lowest BCUT2D eigenvalue weighted by molar-refractivity contribution is -0.161. The van der Waals surface area contributed by atoms with Crippen LogP contribution >= 0.6 is 0 Å². The minimum atomic E-state index is -1.09. The lowest BCUT2D eigenvalue weighted by Crippen LogP contribution is -2.30. The Morgan fingerprint density at radius 1 is 1.14 bits per heavy atom. The van der Waals surface area contributed by atoms with E-state index < -0.39 is 17.9 Å². The molecule has 0 saturated heterocycles. The largest absolute Gasteiger partial charge is 0.508 e. The Bertz CT molecular complexity index is 479. The molecule has 0 aliphatic rings. The number of methoxy groups -OCH3 is 1. The summed E-state index contributed by atoms with van der Waals surface area (Å²) in [5, 5.41) is 9.91. The molecule has 6 nitrogen and oxygen atoms in total. The van der Waals surface area contributed by atoms with E-state index in [1.165, 1.54) is 13.2 Å². The number of ether oxygens (including phenoxy) is 3. The van der Waals surface area contributed by atoms with Crippen LogP contribution in [0.4, 0.5) is 0 Å². The summed E-state index contributed by atoms with van der Waals surface area (Å²) >= 11 is 0. The summed E-state index contributed by atoms with van der Waals surface area (Å²) in [6.45, 7) is 3.66. The molecular formula is C15H20O6. The molecule has 0 heterocycles. The van der Waals surface area contributed by atoms with E-state index in [1.54, 1.807) is 26.0 Å². The SMILES string of the molecule is CCOC(=O)C(Cc1ccc(OC)cc1O)C(=O)OCC. The van der Waals surface area contributed by atoms with Gasteiger partial charge in [-0.25, -0.2) is 0 Å². The fourth-order valence-electron chi connectivity index (χ4n) is 1.81. The molecule has 0 fully saturated rings. The summed E-state index contributed by atoms with van der Waals surface area (Å²) in [6, 6.07) is 4.66. The molecule has 1 rings (SSSR count). The monoisotopic (exact) mass is 296 g/mol. The maximum Gasteiger partial charge on any atom is 0.320 e. The second-order valence-corrected chi connectivity index (χ2v) is 4.26. The van der Waals surface area contributed by atoms with Gasteiger partial charge in [-0.2, -0.15) is 0 Å². The minimum Gasteiger partial charge on any atom is -0.508 e. The molecule has 0 saturated carbocycles. The summed E-state index contributed by atoms with van der Waals surface area (Å²) < 4.78 is 14.7. The first-order valence-corrected chi connectivity index (χ1v) is 6.72. The van der Waals surface area contributed by atoms with Crippen LogP contribution in [-0.4, -0.2) is 37.4 Å². The van der Waals surface area contributed by atoms with E-state index >= 15 is 0 Å². The molecule has 0 aromatic heterocycles. The van der Waals surface area contributed by atoms with Crippen LogP contribution in [0.2, 0.25) is 0 Å². The quantitative estimate of drug-likeness (QED) is 0.609. The number of esters is 2. The number of hydrogen-bond donors (Lipinski definition) is 1. The van der Waals surface area contributed by atoms with Crippen molar-refractivity contribution in [1.29, 1.82) is 0 Å². The third-order valence-electron chi connectivity index (χ3n) is 2.86. The molecular weight excluding hydrogens is 276 g/mol. The van der Waals surface area contributed by atoms with Gasteiger partial charge < -0.3 is 19.3 Å². The average molecular weight is 296 g/mol. The van der Waals surface area contributed by atoms with Crippen molar-refractivity contribution >= 4 is 11.9 Å². The molecule has 0 aliphatic carbocycles. The van der Waals surface area contributed by atoms with E-state index in [-0.39, 0.29) is 25.4 Å². The lowest BCUT2D eigenvalue weighted by atomic mass is 9.98. The van der Waals surface area contributed by atoms with Crippen molar-refractivity contribution in [3.8, 4) is 11.5 Å². The van der Waals surface area contributed by atoms with Crippen molar-refractivity contribution < 1.29 is 28.9 Å². The van der Waals surface area contributed by atoms with E-state index in [0.717, 1.165) is 0 Å². The van der Waals surface area contributed by atoms with Crippen LogP contribution in [0.25, 0.3) is 0 Å². The van der Waals surface area contributed by atoms with Gasteiger partial charge in [0.25, 0.3) is 0 Å². The normalized spacial score (nSPS) is 10.3. The van der Waals surface area contributed by atoms with Gasteiger partial charge in [-0.05, 0) is 31.9 Å². The number of carbonyl (C=O) groups excluding carboxylic acids is 2. The van der Waals surface area contributed by atoms with E-state index in [1.807, 2.05) is 0 Å². The Morgan fingerprint density at radius 3 is 2.14 bits per heavy atom. The molecule has 0 atom stereocenters. The van der Waals surface area contributed by atoms with Crippen molar-refractivity contribution in [3.05, 3.63) is 23.8 Å². The molecule has 1 aromatic rings. The Hall–Kier alpha value is -2.24. The highest BCUT2D eigenvalue weighted by atomic mass is 16.6. The molecule has 1 N–H and O–H groups in total. The van der Waals surface area contributed by atoms with Gasteiger partial charge in [0, 0.05) is 6.07 Å². The fourth-order valence-corrected chi connectivity index (χ4v) is 1.81. The minimum absolute atomic E-state index is 0.00743. The van der Waals surface area contributed by atoms with Crippen LogP contribution in [-0.2, 0) is 25.5 Å². The summed E-state index contributed by atoms with van der Waals surface area (Å²) in [5.74, 6) is -1.98. The fraction of sp³-hybridized carbons (Fsp3) is 0.467. The van der Waals surface area contributed by atoms with Gasteiger partial charge in [0.15, 0.2) is 5.92 Å². The predicted molar refractivity (Wildman–Crippen MR) is 75.1 cm³/mol. The van der Waals surface area contributed by atoms with E-state index in [4.69, 9.17) is 14.2 Å². The third kappa shape index (κ3) is 4.66. The molecule has 21 heavy (non-hydrogen) atoms. The van der Waals surface area contributed by atoms with Gasteiger partial charge in [0.05, 0.1) is 20.3 Å². The second-order valence-electron chi connectivity index (χ2n) is 4.26. The van der Waals surface area contributed by atoms with E-state index in [0.29, 0.717) is 11.3 Å². The lowest BCUT2D eigenvalue weighted by Gasteiger charge is -2.15. The number of rotatable bonds is 7. The zero-order chi connectivity index (χ0) is 15.8. The van der Waals surface area contributed by atoms with E-state index in [9.17, 15) is 14.7 Å². The number of aromatic hydroxyl groups is 1. The Balaban J connectivity index is 2.94. The van der Waals surface area contributed by atoms with Gasteiger partial charge in [0.1, 0.15) is 11.5 Å². The molecule has 0 spiro atoms. The molecule has 6 heteroatoms. The van der Waals surface area contributed by atoms with Gasteiger partial charge in [-0.15, -0.1) is 0 Å². The summed E-state index contributed by atoms with van der Waals surface area (Å²) in [7, 11) is 1.48. The first kappa shape index (κ1) is 16.8. The summed E-state index contributed by atoms with van der Waals surface area (Å²) in [4.78, 5) is 23.7. The topological polar surface area (TPSA) is 82.1 Å².